The molecule has 0 aliphatic rings. The molecule has 4 rings (SSSR count). The molecule has 0 atom stereocenters. The Hall–Kier alpha value is -5.96. The fourth-order valence-corrected chi connectivity index (χ4v) is 3.80. The molecule has 44 heavy (non-hydrogen) atoms. The summed E-state index contributed by atoms with van der Waals surface area (Å²) in [5.41, 5.74) is 12.9. The molecule has 0 aliphatic carbocycles. The molecule has 5 heteroatoms. The van der Waals surface area contributed by atoms with E-state index in [2.05, 4.69) is 122 Å². The smallest absolute Gasteiger partial charge is 0.173 e. The predicted molar refractivity (Wildman–Crippen MR) is 182 cm³/mol. The van der Waals surface area contributed by atoms with Gasteiger partial charge < -0.3 is 5.73 Å². The third-order valence-corrected chi connectivity index (χ3v) is 5.92. The summed E-state index contributed by atoms with van der Waals surface area (Å²) >= 11 is 0. The maximum absolute atomic E-state index is 8.98. The van der Waals surface area contributed by atoms with Crippen LogP contribution in [0.3, 0.4) is 0 Å². The number of hydrogen-bond acceptors (Lipinski definition) is 5. The molecule has 5 nitrogen and oxygen atoms in total. The number of aromatic nitrogens is 1. The normalized spacial score (nSPS) is 9.43. The van der Waals surface area contributed by atoms with E-state index in [0.717, 1.165) is 30.5 Å². The van der Waals surface area contributed by atoms with Crippen LogP contribution in [0.15, 0.2) is 141 Å². The number of rotatable bonds is 9. The Morgan fingerprint density at radius 3 is 1.59 bits per heavy atom. The van der Waals surface area contributed by atoms with Crippen molar-refractivity contribution < 1.29 is 0 Å². The van der Waals surface area contributed by atoms with E-state index in [4.69, 9.17) is 15.8 Å². The number of hydrogen-bond donors (Lipinski definition) is 1. The highest BCUT2D eigenvalue weighted by molar-refractivity contribution is 5.60. The van der Waals surface area contributed by atoms with E-state index in [0.29, 0.717) is 5.69 Å². The van der Waals surface area contributed by atoms with E-state index in [1.54, 1.807) is 24.3 Å². The lowest BCUT2D eigenvalue weighted by Crippen LogP contribution is -1.91. The largest absolute Gasteiger partial charge is 0.337 e. The van der Waals surface area contributed by atoms with Crippen LogP contribution in [0, 0.1) is 41.0 Å². The van der Waals surface area contributed by atoms with Crippen LogP contribution in [0.5, 0.6) is 0 Å². The summed E-state index contributed by atoms with van der Waals surface area (Å²) in [7, 11) is 0. The highest BCUT2D eigenvalue weighted by atomic mass is 14.7. The minimum Gasteiger partial charge on any atom is -0.337 e. The maximum atomic E-state index is 8.98. The lowest BCUT2D eigenvalue weighted by atomic mass is 10.0. The van der Waals surface area contributed by atoms with Gasteiger partial charge in [-0.3, -0.25) is 0 Å². The number of benzene rings is 3. The summed E-state index contributed by atoms with van der Waals surface area (Å²) in [6.07, 6.45) is 15.8. The van der Waals surface area contributed by atoms with Gasteiger partial charge in [0, 0.05) is 12.5 Å². The molecular weight excluding hydrogens is 538 g/mol. The lowest BCUT2D eigenvalue weighted by Gasteiger charge is -2.06. The summed E-state index contributed by atoms with van der Waals surface area (Å²) in [5.74, 6) is 0. The van der Waals surface area contributed by atoms with E-state index in [1.807, 2.05) is 24.3 Å². The summed E-state index contributed by atoms with van der Waals surface area (Å²) in [6, 6.07) is 35.0. The molecule has 4 aromatic rings. The molecule has 0 amide bonds. The van der Waals surface area contributed by atoms with E-state index in [1.165, 1.54) is 40.9 Å². The molecule has 3 aromatic carbocycles. The Kier molecular flexibility index (Phi) is 18.6. The second-order valence-electron chi connectivity index (χ2n) is 9.28. The van der Waals surface area contributed by atoms with Gasteiger partial charge in [-0.15, -0.1) is 0 Å². The standard InChI is InChI=1S/C24H20N2.C12H14.C2H3N.CH2N2/c1-2-3-4-6-19-9-11-20(12-10-19)17-21-13-15-22(16-14-21)24-8-5-7-23(18-25)26-24;1-3-4-5-6-12-9-7-11(2)8-10-12;1-2-3;2-1-3/h2-5,7-16H,1,6,17H2;3-5,7-10H,1,6H2,2H3;1H3;2H2/b4-3-;5-4-;;. The number of nitrogens with two attached hydrogens (primary N) is 1. The third kappa shape index (κ3) is 15.2. The first-order chi connectivity index (χ1) is 21.4. The number of aryl methyl sites for hydroxylation is 1. The monoisotopic (exact) mass is 577 g/mol. The van der Waals surface area contributed by atoms with Crippen molar-refractivity contribution in [2.45, 2.75) is 33.1 Å². The van der Waals surface area contributed by atoms with Crippen LogP contribution >= 0.6 is 0 Å². The number of pyridine rings is 1. The summed E-state index contributed by atoms with van der Waals surface area (Å²) in [4.78, 5) is 4.34. The van der Waals surface area contributed by atoms with Gasteiger partial charge in [0.15, 0.2) is 6.19 Å². The van der Waals surface area contributed by atoms with E-state index in [-0.39, 0.29) is 0 Å². The minimum atomic E-state index is 0.439. The topological polar surface area (TPSA) is 110 Å². The molecule has 0 spiro atoms. The van der Waals surface area contributed by atoms with E-state index < -0.39 is 0 Å². The van der Waals surface area contributed by atoms with Crippen molar-refractivity contribution in [3.05, 3.63) is 174 Å². The average molecular weight is 578 g/mol. The summed E-state index contributed by atoms with van der Waals surface area (Å²) in [5, 5.41) is 23.4. The molecule has 0 bridgehead atoms. The SMILES string of the molecule is C=C/C=C\Cc1ccc(C)cc1.C=C/C=C\Cc1ccc(Cc2ccc(-c3cccc(C#N)n3)cc2)cc1.CC#N.N#CN. The molecule has 0 saturated heterocycles. The van der Waals surface area contributed by atoms with Gasteiger partial charge in [0.05, 0.1) is 11.8 Å². The van der Waals surface area contributed by atoms with Gasteiger partial charge in [-0.05, 0) is 60.6 Å². The zero-order chi connectivity index (χ0) is 32.4. The van der Waals surface area contributed by atoms with Crippen LogP contribution in [0.4, 0.5) is 0 Å². The fraction of sp³-hybridized carbons (Fsp3) is 0.128. The van der Waals surface area contributed by atoms with Crippen molar-refractivity contribution in [1.29, 1.82) is 15.8 Å². The lowest BCUT2D eigenvalue weighted by molar-refractivity contribution is 1.17. The Morgan fingerprint density at radius 2 is 1.14 bits per heavy atom. The average Bonchev–Trinajstić information content (AvgIpc) is 3.05. The molecule has 220 valence electrons. The van der Waals surface area contributed by atoms with Crippen LogP contribution < -0.4 is 5.73 Å². The predicted octanol–water partition coefficient (Wildman–Crippen LogP) is 8.73. The zero-order valence-corrected chi connectivity index (χ0v) is 25.5. The molecule has 2 N–H and O–H groups in total. The van der Waals surface area contributed by atoms with E-state index in [9.17, 15) is 0 Å². The van der Waals surface area contributed by atoms with Crippen LogP contribution in [0.1, 0.15) is 40.4 Å². The first kappa shape index (κ1) is 36.1. The highest BCUT2D eigenvalue weighted by Crippen LogP contribution is 2.19. The van der Waals surface area contributed by atoms with Gasteiger partial charge in [0.1, 0.15) is 11.8 Å². The second-order valence-corrected chi connectivity index (χ2v) is 9.28. The molecular formula is C39H39N5. The van der Waals surface area contributed by atoms with Gasteiger partial charge >= 0.3 is 0 Å². The van der Waals surface area contributed by atoms with Crippen molar-refractivity contribution in [3.8, 4) is 29.6 Å². The minimum absolute atomic E-state index is 0.439. The summed E-state index contributed by atoms with van der Waals surface area (Å²) < 4.78 is 0. The highest BCUT2D eigenvalue weighted by Gasteiger charge is 2.02. The van der Waals surface area contributed by atoms with Crippen LogP contribution in [0.2, 0.25) is 0 Å². The van der Waals surface area contributed by atoms with Crippen molar-refractivity contribution in [2.75, 3.05) is 0 Å². The van der Waals surface area contributed by atoms with Crippen molar-refractivity contribution >= 4 is 0 Å². The second kappa shape index (κ2) is 22.7. The molecule has 0 aliphatic heterocycles. The zero-order valence-electron chi connectivity index (χ0n) is 25.5. The summed E-state index contributed by atoms with van der Waals surface area (Å²) in [6.45, 7) is 10.8. The van der Waals surface area contributed by atoms with Gasteiger partial charge in [0.2, 0.25) is 0 Å². The van der Waals surface area contributed by atoms with Crippen LogP contribution in [-0.2, 0) is 19.3 Å². The van der Waals surface area contributed by atoms with Crippen molar-refractivity contribution in [3.63, 3.8) is 0 Å². The van der Waals surface area contributed by atoms with Gasteiger partial charge in [-0.2, -0.15) is 15.8 Å². The van der Waals surface area contributed by atoms with Gasteiger partial charge in [-0.25, -0.2) is 4.98 Å². The fourth-order valence-electron chi connectivity index (χ4n) is 3.80. The Bertz CT molecular complexity index is 1580. The Morgan fingerprint density at radius 1 is 0.705 bits per heavy atom. The number of nitrogens with zero attached hydrogens (tertiary/aromatic N) is 4. The van der Waals surface area contributed by atoms with Crippen molar-refractivity contribution in [1.82, 2.24) is 4.98 Å². The number of nitriles is 3. The first-order valence-electron chi connectivity index (χ1n) is 14.0. The van der Waals surface area contributed by atoms with Crippen LogP contribution in [0.25, 0.3) is 11.3 Å². The molecule has 0 saturated carbocycles. The van der Waals surface area contributed by atoms with Crippen molar-refractivity contribution in [2.24, 2.45) is 5.73 Å². The quantitative estimate of drug-likeness (QED) is 0.121. The molecule has 1 heterocycles. The maximum Gasteiger partial charge on any atom is 0.173 e. The molecule has 0 unspecified atom stereocenters. The Labute approximate surface area is 262 Å². The number of allylic oxidation sites excluding steroid dienone is 6. The third-order valence-electron chi connectivity index (χ3n) is 5.92. The van der Waals surface area contributed by atoms with Crippen LogP contribution in [-0.4, -0.2) is 4.98 Å². The van der Waals surface area contributed by atoms with E-state index >= 15 is 0 Å². The molecule has 0 fully saturated rings. The molecule has 0 radical (unpaired) electrons. The Balaban J connectivity index is 0.000000446. The van der Waals surface area contributed by atoms with Gasteiger partial charge in [-0.1, -0.05) is 134 Å². The van der Waals surface area contributed by atoms with Gasteiger partial charge in [0.25, 0.3) is 0 Å². The first-order valence-corrected chi connectivity index (χ1v) is 14.0. The molecule has 1 aromatic heterocycles.